The highest BCUT2D eigenvalue weighted by Crippen LogP contribution is 2.07. The van der Waals surface area contributed by atoms with Crippen LogP contribution in [0.1, 0.15) is 12.5 Å². The Kier molecular flexibility index (Phi) is 8.89. The van der Waals surface area contributed by atoms with Gasteiger partial charge in [0.15, 0.2) is 11.8 Å². The maximum Gasteiger partial charge on any atom is 0.241 e. The lowest BCUT2D eigenvalue weighted by Gasteiger charge is -2.14. The third-order valence-electron chi connectivity index (χ3n) is 3.22. The van der Waals surface area contributed by atoms with Crippen LogP contribution in [0.25, 0.3) is 5.82 Å². The second kappa shape index (κ2) is 10.6. The first-order valence-corrected chi connectivity index (χ1v) is 7.77. The third-order valence-corrected chi connectivity index (χ3v) is 3.22. The van der Waals surface area contributed by atoms with E-state index in [9.17, 15) is 4.79 Å². The predicted octanol–water partition coefficient (Wildman–Crippen LogP) is 1.03. The summed E-state index contributed by atoms with van der Waals surface area (Å²) in [6.07, 6.45) is 5.28. The van der Waals surface area contributed by atoms with Crippen LogP contribution in [-0.4, -0.2) is 58.7 Å². The molecule has 0 fully saturated rings. The molecule has 2 heterocycles. The molecular formula is C16H24IN7O. The molecule has 0 bridgehead atoms. The van der Waals surface area contributed by atoms with Crippen LogP contribution < -0.4 is 10.6 Å². The number of rotatable bonds is 6. The summed E-state index contributed by atoms with van der Waals surface area (Å²) in [6, 6.07) is 5.69. The molecule has 136 valence electrons. The highest BCUT2D eigenvalue weighted by molar-refractivity contribution is 14.0. The molecule has 0 saturated heterocycles. The molecule has 0 aliphatic heterocycles. The Labute approximate surface area is 164 Å². The van der Waals surface area contributed by atoms with Crippen molar-refractivity contribution in [2.24, 2.45) is 4.99 Å². The Morgan fingerprint density at radius 2 is 2.12 bits per heavy atom. The van der Waals surface area contributed by atoms with Gasteiger partial charge in [0, 0.05) is 39.2 Å². The fraction of sp³-hybridized carbons (Fsp3) is 0.375. The molecule has 25 heavy (non-hydrogen) atoms. The molecule has 2 aromatic heterocycles. The number of hydrogen-bond donors (Lipinski definition) is 2. The van der Waals surface area contributed by atoms with Crippen LogP contribution in [0.2, 0.25) is 0 Å². The van der Waals surface area contributed by atoms with E-state index in [4.69, 9.17) is 0 Å². The average Bonchev–Trinajstić information content (AvgIpc) is 3.12. The molecule has 0 radical (unpaired) electrons. The van der Waals surface area contributed by atoms with Gasteiger partial charge in [-0.3, -0.25) is 4.79 Å². The maximum atomic E-state index is 11.7. The number of amides is 1. The summed E-state index contributed by atoms with van der Waals surface area (Å²) in [5.74, 6) is 1.34. The number of carbonyl (C=O) groups excluding carboxylic acids is 1. The molecule has 0 unspecified atom stereocenters. The smallest absolute Gasteiger partial charge is 0.241 e. The Morgan fingerprint density at radius 1 is 1.32 bits per heavy atom. The van der Waals surface area contributed by atoms with Crippen LogP contribution in [-0.2, 0) is 11.3 Å². The lowest BCUT2D eigenvalue weighted by atomic mass is 10.2. The molecule has 0 aromatic carbocycles. The first-order valence-electron chi connectivity index (χ1n) is 7.77. The van der Waals surface area contributed by atoms with Crippen LogP contribution in [0, 0.1) is 0 Å². The Morgan fingerprint density at radius 3 is 2.76 bits per heavy atom. The zero-order valence-electron chi connectivity index (χ0n) is 14.6. The second-order valence-corrected chi connectivity index (χ2v) is 5.31. The van der Waals surface area contributed by atoms with Gasteiger partial charge in [-0.2, -0.15) is 5.10 Å². The van der Waals surface area contributed by atoms with Crippen molar-refractivity contribution in [3.8, 4) is 5.82 Å². The van der Waals surface area contributed by atoms with Crippen LogP contribution in [0.15, 0.2) is 41.8 Å². The van der Waals surface area contributed by atoms with E-state index in [0.29, 0.717) is 12.5 Å². The molecule has 2 rings (SSSR count). The zero-order valence-corrected chi connectivity index (χ0v) is 17.0. The number of likely N-dealkylation sites (N-methyl/N-ethyl adjacent to an activating group) is 1. The topological polar surface area (TPSA) is 87.4 Å². The summed E-state index contributed by atoms with van der Waals surface area (Å²) in [7, 11) is 3.45. The van der Waals surface area contributed by atoms with Gasteiger partial charge < -0.3 is 15.5 Å². The van der Waals surface area contributed by atoms with Crippen molar-refractivity contribution in [2.75, 3.05) is 27.2 Å². The summed E-state index contributed by atoms with van der Waals surface area (Å²) < 4.78 is 1.70. The Balaban J connectivity index is 0.00000312. The third kappa shape index (κ3) is 6.69. The fourth-order valence-electron chi connectivity index (χ4n) is 1.92. The predicted molar refractivity (Wildman–Crippen MR) is 108 cm³/mol. The molecule has 8 nitrogen and oxygen atoms in total. The number of aliphatic imine (C=N–C) groups is 1. The van der Waals surface area contributed by atoms with Gasteiger partial charge in [-0.15, -0.1) is 24.0 Å². The number of guanidine groups is 1. The molecule has 1 amide bonds. The van der Waals surface area contributed by atoms with Gasteiger partial charge in [-0.1, -0.05) is 0 Å². The van der Waals surface area contributed by atoms with Crippen molar-refractivity contribution >= 4 is 35.8 Å². The highest BCUT2D eigenvalue weighted by Gasteiger charge is 2.05. The van der Waals surface area contributed by atoms with Crippen molar-refractivity contribution in [1.29, 1.82) is 0 Å². The van der Waals surface area contributed by atoms with Crippen LogP contribution in [0.4, 0.5) is 0 Å². The van der Waals surface area contributed by atoms with Crippen molar-refractivity contribution in [2.45, 2.75) is 13.5 Å². The zero-order chi connectivity index (χ0) is 17.4. The quantitative estimate of drug-likeness (QED) is 0.385. The van der Waals surface area contributed by atoms with Crippen LogP contribution in [0.5, 0.6) is 0 Å². The standard InChI is InChI=1S/C16H23N7O.HI/c1-4-17-16(20-12-15(24)22(2)3)19-11-13-6-8-18-14(10-13)23-9-5-7-21-23;/h5-10H,4,11-12H2,1-3H3,(H2,17,19,20);1H. The van der Waals surface area contributed by atoms with E-state index in [-0.39, 0.29) is 36.4 Å². The number of nitrogens with one attached hydrogen (secondary N) is 2. The van der Waals surface area contributed by atoms with Gasteiger partial charge in [-0.05, 0) is 30.7 Å². The highest BCUT2D eigenvalue weighted by atomic mass is 127. The van der Waals surface area contributed by atoms with Gasteiger partial charge in [0.05, 0.1) is 13.1 Å². The van der Waals surface area contributed by atoms with Crippen LogP contribution >= 0.6 is 24.0 Å². The van der Waals surface area contributed by atoms with E-state index >= 15 is 0 Å². The minimum Gasteiger partial charge on any atom is -0.357 e. The molecule has 0 spiro atoms. The lowest BCUT2D eigenvalue weighted by Crippen LogP contribution is -2.42. The molecule has 2 N–H and O–H groups in total. The van der Waals surface area contributed by atoms with Gasteiger partial charge in [0.2, 0.25) is 5.91 Å². The first-order chi connectivity index (χ1) is 11.6. The lowest BCUT2D eigenvalue weighted by molar-refractivity contribution is -0.127. The van der Waals surface area contributed by atoms with E-state index in [0.717, 1.165) is 17.9 Å². The Bertz CT molecular complexity index is 686. The molecule has 2 aromatic rings. The van der Waals surface area contributed by atoms with Gasteiger partial charge >= 0.3 is 0 Å². The summed E-state index contributed by atoms with van der Waals surface area (Å²) in [6.45, 7) is 3.38. The summed E-state index contributed by atoms with van der Waals surface area (Å²) in [5.41, 5.74) is 1.01. The van der Waals surface area contributed by atoms with E-state index in [1.165, 1.54) is 4.90 Å². The molecule has 0 aliphatic carbocycles. The number of aromatic nitrogens is 3. The monoisotopic (exact) mass is 457 g/mol. The van der Waals surface area contributed by atoms with E-state index in [2.05, 4.69) is 25.7 Å². The minimum atomic E-state index is -0.00881. The van der Waals surface area contributed by atoms with Crippen molar-refractivity contribution in [3.63, 3.8) is 0 Å². The number of nitrogens with zero attached hydrogens (tertiary/aromatic N) is 5. The van der Waals surface area contributed by atoms with Crippen molar-refractivity contribution < 1.29 is 4.79 Å². The van der Waals surface area contributed by atoms with E-state index in [1.54, 1.807) is 31.2 Å². The molecule has 0 saturated carbocycles. The van der Waals surface area contributed by atoms with Crippen molar-refractivity contribution in [1.82, 2.24) is 30.3 Å². The minimum absolute atomic E-state index is 0. The van der Waals surface area contributed by atoms with Crippen LogP contribution in [0.3, 0.4) is 0 Å². The van der Waals surface area contributed by atoms with E-state index < -0.39 is 0 Å². The van der Waals surface area contributed by atoms with E-state index in [1.807, 2.05) is 31.3 Å². The normalized spacial score (nSPS) is 10.8. The summed E-state index contributed by atoms with van der Waals surface area (Å²) in [5, 5.41) is 10.3. The fourth-order valence-corrected chi connectivity index (χ4v) is 1.92. The average molecular weight is 457 g/mol. The summed E-state index contributed by atoms with van der Waals surface area (Å²) >= 11 is 0. The SMILES string of the molecule is CCNC(=NCc1ccnc(-n2cccn2)c1)NCC(=O)N(C)C.I. The molecule has 9 heteroatoms. The largest absolute Gasteiger partial charge is 0.357 e. The van der Waals surface area contributed by atoms with Gasteiger partial charge in [0.25, 0.3) is 0 Å². The number of carbonyl (C=O) groups is 1. The first kappa shape index (κ1) is 20.9. The number of halogens is 1. The molecule has 0 aliphatic rings. The van der Waals surface area contributed by atoms with Crippen molar-refractivity contribution in [3.05, 3.63) is 42.4 Å². The van der Waals surface area contributed by atoms with Gasteiger partial charge in [-0.25, -0.2) is 14.7 Å². The molecule has 0 atom stereocenters. The maximum absolute atomic E-state index is 11.7. The molecular weight excluding hydrogens is 433 g/mol. The van der Waals surface area contributed by atoms with Gasteiger partial charge in [0.1, 0.15) is 0 Å². The number of pyridine rings is 1. The number of hydrogen-bond acceptors (Lipinski definition) is 4. The Hall–Kier alpha value is -2.17. The summed E-state index contributed by atoms with van der Waals surface area (Å²) in [4.78, 5) is 22.0. The second-order valence-electron chi connectivity index (χ2n) is 5.31.